The maximum atomic E-state index is 4.14. The number of piperazine rings is 1. The summed E-state index contributed by atoms with van der Waals surface area (Å²) < 4.78 is 0. The van der Waals surface area contributed by atoms with Crippen LogP contribution in [0.25, 0.3) is 0 Å². The van der Waals surface area contributed by atoms with E-state index in [4.69, 9.17) is 0 Å². The van der Waals surface area contributed by atoms with Gasteiger partial charge in [-0.3, -0.25) is 9.88 Å². The monoisotopic (exact) mass is 262 g/mol. The van der Waals surface area contributed by atoms with Crippen LogP contribution in [0.3, 0.4) is 0 Å². The zero-order valence-corrected chi connectivity index (χ0v) is 12.6. The Morgan fingerprint density at radius 2 is 1.79 bits per heavy atom. The van der Waals surface area contributed by atoms with Crippen molar-refractivity contribution in [3.05, 3.63) is 30.1 Å². The van der Waals surface area contributed by atoms with E-state index in [1.165, 1.54) is 5.56 Å². The maximum Gasteiger partial charge on any atom is 0.0523 e. The molecule has 0 spiro atoms. The molecule has 0 saturated carbocycles. The zero-order valence-electron chi connectivity index (χ0n) is 12.6. The van der Waals surface area contributed by atoms with Crippen LogP contribution >= 0.6 is 0 Å². The van der Waals surface area contributed by atoms with Crippen molar-refractivity contribution in [3.8, 4) is 0 Å². The van der Waals surface area contributed by atoms with Crippen LogP contribution < -0.4 is 5.32 Å². The predicted octanol–water partition coefficient (Wildman–Crippen LogP) is 1.37. The molecule has 1 N–H and O–H groups in total. The number of likely N-dealkylation sites (N-methyl/N-ethyl adjacent to an activating group) is 1. The van der Waals surface area contributed by atoms with Gasteiger partial charge in [0.2, 0.25) is 0 Å². The van der Waals surface area contributed by atoms with E-state index in [1.54, 1.807) is 0 Å². The minimum atomic E-state index is 0.104. The summed E-state index contributed by atoms with van der Waals surface area (Å²) in [6.45, 7) is 9.09. The van der Waals surface area contributed by atoms with Gasteiger partial charge in [0.05, 0.1) is 6.04 Å². The predicted molar refractivity (Wildman–Crippen MR) is 79.2 cm³/mol. The molecule has 0 amide bonds. The van der Waals surface area contributed by atoms with Gasteiger partial charge in [-0.25, -0.2) is 0 Å². The molecule has 1 atom stereocenters. The number of nitrogens with zero attached hydrogens (tertiary/aromatic N) is 3. The first-order valence-electron chi connectivity index (χ1n) is 7.05. The number of aromatic nitrogens is 1. The van der Waals surface area contributed by atoms with E-state index in [9.17, 15) is 0 Å². The summed E-state index contributed by atoms with van der Waals surface area (Å²) in [5.41, 5.74) is 1.44. The van der Waals surface area contributed by atoms with E-state index in [1.807, 2.05) is 12.4 Å². The van der Waals surface area contributed by atoms with Gasteiger partial charge in [-0.1, -0.05) is 0 Å². The molecule has 1 aromatic rings. The first-order valence-corrected chi connectivity index (χ1v) is 7.05. The topological polar surface area (TPSA) is 31.4 Å². The van der Waals surface area contributed by atoms with Crippen molar-refractivity contribution in [1.82, 2.24) is 20.1 Å². The lowest BCUT2D eigenvalue weighted by molar-refractivity contribution is 0.0290. The van der Waals surface area contributed by atoms with Crippen molar-refractivity contribution in [2.75, 3.05) is 40.3 Å². The Morgan fingerprint density at radius 1 is 1.21 bits per heavy atom. The molecule has 0 aromatic carbocycles. The molecule has 106 valence electrons. The Kier molecular flexibility index (Phi) is 4.55. The molecule has 2 rings (SSSR count). The van der Waals surface area contributed by atoms with Crippen LogP contribution in [0.4, 0.5) is 0 Å². The van der Waals surface area contributed by atoms with E-state index >= 15 is 0 Å². The minimum Gasteiger partial charge on any atom is -0.314 e. The van der Waals surface area contributed by atoms with Crippen LogP contribution in [0.1, 0.15) is 25.5 Å². The fourth-order valence-corrected chi connectivity index (χ4v) is 3.30. The molecular weight excluding hydrogens is 236 g/mol. The van der Waals surface area contributed by atoms with Crippen molar-refractivity contribution in [2.45, 2.75) is 25.4 Å². The Bertz CT molecular complexity index is 382. The van der Waals surface area contributed by atoms with Gasteiger partial charge in [0.25, 0.3) is 0 Å². The molecule has 2 heterocycles. The molecule has 1 aliphatic rings. The highest BCUT2D eigenvalue weighted by atomic mass is 15.3. The molecule has 0 radical (unpaired) electrons. The molecule has 1 fully saturated rings. The average molecular weight is 262 g/mol. The van der Waals surface area contributed by atoms with E-state index < -0.39 is 0 Å². The second kappa shape index (κ2) is 5.99. The lowest BCUT2D eigenvalue weighted by Gasteiger charge is -2.48. The van der Waals surface area contributed by atoms with Gasteiger partial charge < -0.3 is 10.2 Å². The van der Waals surface area contributed by atoms with E-state index in [-0.39, 0.29) is 5.54 Å². The first-order chi connectivity index (χ1) is 9.03. The van der Waals surface area contributed by atoms with Crippen LogP contribution in [0, 0.1) is 0 Å². The summed E-state index contributed by atoms with van der Waals surface area (Å²) in [6, 6.07) is 4.64. The third-order valence-corrected chi connectivity index (χ3v) is 4.14. The zero-order chi connectivity index (χ0) is 13.9. The summed E-state index contributed by atoms with van der Waals surface area (Å²) in [5.74, 6) is 0. The summed E-state index contributed by atoms with van der Waals surface area (Å²) in [5, 5.41) is 3.43. The molecule has 1 unspecified atom stereocenters. The standard InChI is InChI=1S/C15H26N4/c1-15(2,19-11-9-17-10-12-19)14(18(3)4)13-5-7-16-8-6-13/h5-8,14,17H,9-12H2,1-4H3. The Hall–Kier alpha value is -0.970. The summed E-state index contributed by atoms with van der Waals surface area (Å²) >= 11 is 0. The van der Waals surface area contributed by atoms with Crippen LogP contribution in [0.5, 0.6) is 0 Å². The second-order valence-corrected chi connectivity index (χ2v) is 6.04. The number of hydrogen-bond donors (Lipinski definition) is 1. The van der Waals surface area contributed by atoms with Gasteiger partial charge in [0, 0.05) is 44.1 Å². The van der Waals surface area contributed by atoms with E-state index in [0.717, 1.165) is 26.2 Å². The van der Waals surface area contributed by atoms with E-state index in [0.29, 0.717) is 6.04 Å². The number of pyridine rings is 1. The molecule has 1 saturated heterocycles. The molecule has 1 aromatic heterocycles. The Balaban J connectivity index is 2.27. The van der Waals surface area contributed by atoms with Crippen molar-refractivity contribution in [1.29, 1.82) is 0 Å². The van der Waals surface area contributed by atoms with Crippen LogP contribution in [-0.4, -0.2) is 60.6 Å². The number of rotatable bonds is 4. The molecule has 0 aliphatic carbocycles. The highest BCUT2D eigenvalue weighted by Crippen LogP contribution is 2.34. The largest absolute Gasteiger partial charge is 0.314 e. The fourth-order valence-electron chi connectivity index (χ4n) is 3.30. The normalized spacial score (nSPS) is 19.6. The van der Waals surface area contributed by atoms with Gasteiger partial charge in [0.1, 0.15) is 0 Å². The van der Waals surface area contributed by atoms with Crippen LogP contribution in [0.15, 0.2) is 24.5 Å². The summed E-state index contributed by atoms with van der Waals surface area (Å²) in [6.07, 6.45) is 3.78. The molecular formula is C15H26N4. The van der Waals surface area contributed by atoms with Crippen molar-refractivity contribution >= 4 is 0 Å². The average Bonchev–Trinajstić information content (AvgIpc) is 2.40. The number of hydrogen-bond acceptors (Lipinski definition) is 4. The van der Waals surface area contributed by atoms with Crippen LogP contribution in [-0.2, 0) is 0 Å². The Morgan fingerprint density at radius 3 is 2.32 bits per heavy atom. The highest BCUT2D eigenvalue weighted by molar-refractivity contribution is 5.20. The van der Waals surface area contributed by atoms with E-state index in [2.05, 4.69) is 60.2 Å². The van der Waals surface area contributed by atoms with Crippen molar-refractivity contribution in [3.63, 3.8) is 0 Å². The van der Waals surface area contributed by atoms with Crippen molar-refractivity contribution in [2.24, 2.45) is 0 Å². The number of nitrogens with one attached hydrogen (secondary N) is 1. The van der Waals surface area contributed by atoms with Crippen LogP contribution in [0.2, 0.25) is 0 Å². The Labute approximate surface area is 116 Å². The fraction of sp³-hybridized carbons (Fsp3) is 0.667. The summed E-state index contributed by atoms with van der Waals surface area (Å²) in [7, 11) is 4.32. The van der Waals surface area contributed by atoms with Gasteiger partial charge in [-0.2, -0.15) is 0 Å². The molecule has 19 heavy (non-hydrogen) atoms. The van der Waals surface area contributed by atoms with Crippen molar-refractivity contribution < 1.29 is 0 Å². The van der Waals surface area contributed by atoms with Gasteiger partial charge >= 0.3 is 0 Å². The maximum absolute atomic E-state index is 4.14. The molecule has 0 bridgehead atoms. The molecule has 4 heteroatoms. The molecule has 4 nitrogen and oxygen atoms in total. The lowest BCUT2D eigenvalue weighted by Crippen LogP contribution is -2.58. The SMILES string of the molecule is CN(C)C(c1ccncc1)C(C)(C)N1CCNCC1. The molecule has 1 aliphatic heterocycles. The third kappa shape index (κ3) is 3.14. The van der Waals surface area contributed by atoms with Gasteiger partial charge in [0.15, 0.2) is 0 Å². The lowest BCUT2D eigenvalue weighted by atomic mass is 9.86. The quantitative estimate of drug-likeness (QED) is 0.888. The third-order valence-electron chi connectivity index (χ3n) is 4.14. The van der Waals surface area contributed by atoms with Gasteiger partial charge in [-0.05, 0) is 45.6 Å². The highest BCUT2D eigenvalue weighted by Gasteiger charge is 2.38. The first kappa shape index (κ1) is 14.4. The van der Waals surface area contributed by atoms with Gasteiger partial charge in [-0.15, -0.1) is 0 Å². The summed E-state index contributed by atoms with van der Waals surface area (Å²) in [4.78, 5) is 9.05. The second-order valence-electron chi connectivity index (χ2n) is 6.04. The minimum absolute atomic E-state index is 0.104. The smallest absolute Gasteiger partial charge is 0.0523 e.